The quantitative estimate of drug-likeness (QED) is 0.613. The summed E-state index contributed by atoms with van der Waals surface area (Å²) in [5, 5.41) is 5.50. The van der Waals surface area contributed by atoms with E-state index in [0.717, 1.165) is 15.7 Å². The van der Waals surface area contributed by atoms with Crippen LogP contribution in [0.3, 0.4) is 0 Å². The highest BCUT2D eigenvalue weighted by Gasteiger charge is 2.11. The Bertz CT molecular complexity index is 525. The van der Waals surface area contributed by atoms with Crippen LogP contribution in [0.1, 0.15) is 18.4 Å². The molecule has 0 aromatic heterocycles. The molecule has 1 aromatic rings. The van der Waals surface area contributed by atoms with E-state index in [1.165, 1.54) is 7.11 Å². The number of hydrogen-bond acceptors (Lipinski definition) is 4. The summed E-state index contributed by atoms with van der Waals surface area (Å²) in [6.45, 7) is 2.48. The first-order chi connectivity index (χ1) is 10.5. The Balaban J connectivity index is 0.00000484. The van der Waals surface area contributed by atoms with Crippen LogP contribution in [0.2, 0.25) is 0 Å². The van der Waals surface area contributed by atoms with Crippen molar-refractivity contribution in [2.45, 2.75) is 25.9 Å². The van der Waals surface area contributed by atoms with Crippen LogP contribution >= 0.6 is 28.3 Å². The number of halogens is 2. The summed E-state index contributed by atoms with van der Waals surface area (Å²) in [5.74, 6) is -0.327. The van der Waals surface area contributed by atoms with Crippen molar-refractivity contribution in [1.82, 2.24) is 5.32 Å². The third-order valence-electron chi connectivity index (χ3n) is 3.16. The number of ether oxygens (including phenoxy) is 1. The van der Waals surface area contributed by atoms with E-state index in [0.29, 0.717) is 0 Å². The predicted octanol–water partition coefficient (Wildman–Crippen LogP) is 1.99. The SMILES string of the molecule is COC(CN)CC(=O)NCCC(=O)Nc1cc(Br)ccc1C.Cl. The number of rotatable bonds is 8. The van der Waals surface area contributed by atoms with Crippen molar-refractivity contribution in [1.29, 1.82) is 0 Å². The van der Waals surface area contributed by atoms with E-state index < -0.39 is 0 Å². The van der Waals surface area contributed by atoms with Crippen molar-refractivity contribution in [3.8, 4) is 0 Å². The van der Waals surface area contributed by atoms with Crippen LogP contribution in [0.4, 0.5) is 5.69 Å². The third-order valence-corrected chi connectivity index (χ3v) is 3.65. The van der Waals surface area contributed by atoms with Gasteiger partial charge >= 0.3 is 0 Å². The lowest BCUT2D eigenvalue weighted by Crippen LogP contribution is -2.33. The number of nitrogens with one attached hydrogen (secondary N) is 2. The lowest BCUT2D eigenvalue weighted by molar-refractivity contribution is -0.123. The van der Waals surface area contributed by atoms with Crippen LogP contribution in [-0.4, -0.2) is 38.1 Å². The second-order valence-electron chi connectivity index (χ2n) is 4.90. The maximum absolute atomic E-state index is 11.9. The Morgan fingerprint density at radius 3 is 2.65 bits per heavy atom. The highest BCUT2D eigenvalue weighted by molar-refractivity contribution is 9.10. The molecule has 0 saturated heterocycles. The third kappa shape index (κ3) is 8.31. The Labute approximate surface area is 151 Å². The van der Waals surface area contributed by atoms with Gasteiger partial charge in [0, 0.05) is 36.8 Å². The summed E-state index contributed by atoms with van der Waals surface area (Å²) in [6, 6.07) is 5.67. The molecule has 8 heteroatoms. The summed E-state index contributed by atoms with van der Waals surface area (Å²) in [5.41, 5.74) is 7.18. The summed E-state index contributed by atoms with van der Waals surface area (Å²) < 4.78 is 5.93. The van der Waals surface area contributed by atoms with Crippen LogP contribution in [-0.2, 0) is 14.3 Å². The van der Waals surface area contributed by atoms with Crippen molar-refractivity contribution in [3.05, 3.63) is 28.2 Å². The van der Waals surface area contributed by atoms with Gasteiger partial charge in [-0.1, -0.05) is 22.0 Å². The van der Waals surface area contributed by atoms with Gasteiger partial charge in [0.2, 0.25) is 11.8 Å². The molecular formula is C15H23BrClN3O3. The van der Waals surface area contributed by atoms with Gasteiger partial charge in [0.1, 0.15) is 0 Å². The normalized spacial score (nSPS) is 11.3. The molecule has 0 aliphatic rings. The van der Waals surface area contributed by atoms with Gasteiger partial charge in [-0.15, -0.1) is 12.4 Å². The molecule has 0 radical (unpaired) electrons. The van der Waals surface area contributed by atoms with Crippen molar-refractivity contribution >= 4 is 45.8 Å². The molecule has 0 heterocycles. The van der Waals surface area contributed by atoms with Crippen LogP contribution < -0.4 is 16.4 Å². The average Bonchev–Trinajstić information content (AvgIpc) is 2.48. The standard InChI is InChI=1S/C15H22BrN3O3.ClH/c1-10-3-4-11(16)7-13(10)19-14(20)5-6-18-15(21)8-12(9-17)22-2;/h3-4,7,12H,5-6,8-9,17H2,1-2H3,(H,18,21)(H,19,20);1H. The lowest BCUT2D eigenvalue weighted by Gasteiger charge is -2.13. The first-order valence-electron chi connectivity index (χ1n) is 7.01. The fraction of sp³-hybridized carbons (Fsp3) is 0.467. The maximum atomic E-state index is 11.9. The van der Waals surface area contributed by atoms with Crippen molar-refractivity contribution < 1.29 is 14.3 Å². The van der Waals surface area contributed by atoms with Gasteiger partial charge in [0.15, 0.2) is 0 Å². The Morgan fingerprint density at radius 1 is 1.35 bits per heavy atom. The summed E-state index contributed by atoms with van der Waals surface area (Å²) in [6.07, 6.45) is 0.107. The second kappa shape index (κ2) is 11.4. The molecular weight excluding hydrogens is 386 g/mol. The number of carbonyl (C=O) groups excluding carboxylic acids is 2. The number of carbonyl (C=O) groups is 2. The molecule has 130 valence electrons. The molecule has 4 N–H and O–H groups in total. The molecule has 1 unspecified atom stereocenters. The van der Waals surface area contributed by atoms with Crippen LogP contribution in [0.5, 0.6) is 0 Å². The zero-order valence-corrected chi connectivity index (χ0v) is 15.6. The molecule has 23 heavy (non-hydrogen) atoms. The fourth-order valence-electron chi connectivity index (χ4n) is 1.80. The van der Waals surface area contributed by atoms with E-state index in [4.69, 9.17) is 10.5 Å². The summed E-state index contributed by atoms with van der Waals surface area (Å²) >= 11 is 3.36. The molecule has 2 amide bonds. The molecule has 0 saturated carbocycles. The van der Waals surface area contributed by atoms with Crippen LogP contribution in [0.15, 0.2) is 22.7 Å². The molecule has 0 aliphatic heterocycles. The molecule has 1 atom stereocenters. The monoisotopic (exact) mass is 407 g/mol. The number of hydrogen-bond donors (Lipinski definition) is 3. The Hall–Kier alpha value is -1.15. The van der Waals surface area contributed by atoms with Gasteiger partial charge < -0.3 is 21.1 Å². The molecule has 1 rings (SSSR count). The van der Waals surface area contributed by atoms with Crippen molar-refractivity contribution in [3.63, 3.8) is 0 Å². The van der Waals surface area contributed by atoms with Gasteiger partial charge in [0.05, 0.1) is 12.5 Å². The Kier molecular flexibility index (Phi) is 10.8. The van der Waals surface area contributed by atoms with E-state index >= 15 is 0 Å². The number of anilines is 1. The number of benzene rings is 1. The van der Waals surface area contributed by atoms with Crippen molar-refractivity contribution in [2.75, 3.05) is 25.5 Å². The molecule has 1 aromatic carbocycles. The average molecular weight is 409 g/mol. The van der Waals surface area contributed by atoms with Crippen LogP contribution in [0.25, 0.3) is 0 Å². The fourth-order valence-corrected chi connectivity index (χ4v) is 2.16. The maximum Gasteiger partial charge on any atom is 0.226 e. The number of methoxy groups -OCH3 is 1. The van der Waals surface area contributed by atoms with E-state index in [9.17, 15) is 9.59 Å². The highest BCUT2D eigenvalue weighted by atomic mass is 79.9. The minimum atomic E-state index is -0.293. The predicted molar refractivity (Wildman–Crippen MR) is 96.9 cm³/mol. The van der Waals surface area contributed by atoms with Gasteiger partial charge in [0.25, 0.3) is 0 Å². The molecule has 6 nitrogen and oxygen atoms in total. The van der Waals surface area contributed by atoms with E-state index in [-0.39, 0.29) is 56.3 Å². The van der Waals surface area contributed by atoms with Gasteiger partial charge in [-0.2, -0.15) is 0 Å². The molecule has 0 aliphatic carbocycles. The Morgan fingerprint density at radius 2 is 2.04 bits per heavy atom. The molecule has 0 fully saturated rings. The first kappa shape index (κ1) is 21.9. The van der Waals surface area contributed by atoms with Crippen molar-refractivity contribution in [2.24, 2.45) is 5.73 Å². The van der Waals surface area contributed by atoms with E-state index in [1.54, 1.807) is 0 Å². The molecule has 0 spiro atoms. The number of aryl methyl sites for hydroxylation is 1. The summed E-state index contributed by atoms with van der Waals surface area (Å²) in [7, 11) is 1.51. The highest BCUT2D eigenvalue weighted by Crippen LogP contribution is 2.20. The first-order valence-corrected chi connectivity index (χ1v) is 7.81. The number of amides is 2. The zero-order chi connectivity index (χ0) is 16.5. The largest absolute Gasteiger partial charge is 0.380 e. The van der Waals surface area contributed by atoms with Gasteiger partial charge in [-0.25, -0.2) is 0 Å². The van der Waals surface area contributed by atoms with E-state index in [1.807, 2.05) is 25.1 Å². The van der Waals surface area contributed by atoms with Gasteiger partial charge in [-0.3, -0.25) is 9.59 Å². The zero-order valence-electron chi connectivity index (χ0n) is 13.2. The van der Waals surface area contributed by atoms with E-state index in [2.05, 4.69) is 26.6 Å². The summed E-state index contributed by atoms with van der Waals surface area (Å²) in [4.78, 5) is 23.5. The van der Waals surface area contributed by atoms with Gasteiger partial charge in [-0.05, 0) is 24.6 Å². The minimum Gasteiger partial charge on any atom is -0.380 e. The van der Waals surface area contributed by atoms with Crippen LogP contribution in [0, 0.1) is 6.92 Å². The second-order valence-corrected chi connectivity index (χ2v) is 5.82. The minimum absolute atomic E-state index is 0. The smallest absolute Gasteiger partial charge is 0.226 e. The topological polar surface area (TPSA) is 93.4 Å². The number of nitrogens with two attached hydrogens (primary N) is 1. The lowest BCUT2D eigenvalue weighted by atomic mass is 10.2. The molecule has 0 bridgehead atoms.